The van der Waals surface area contributed by atoms with E-state index in [4.69, 9.17) is 14.2 Å². The second-order valence-electron chi connectivity index (χ2n) is 3.02. The van der Waals surface area contributed by atoms with Crippen molar-refractivity contribution in [1.29, 1.82) is 0 Å². The standard InChI is InChI=1S/C11H15BrO3/c1-13-8-15-6-5-9-7-10(12)3-4-11(9)14-2/h3-4,7H,5-6,8H2,1-2H3. The molecule has 0 saturated heterocycles. The number of benzene rings is 1. The molecular formula is C11H15BrO3. The molecule has 1 aromatic rings. The lowest BCUT2D eigenvalue weighted by atomic mass is 10.1. The fraction of sp³-hybridized carbons (Fsp3) is 0.455. The molecule has 1 rings (SSSR count). The molecule has 0 N–H and O–H groups in total. The maximum atomic E-state index is 5.25. The van der Waals surface area contributed by atoms with Crippen LogP contribution >= 0.6 is 15.9 Å². The van der Waals surface area contributed by atoms with Crippen molar-refractivity contribution in [2.75, 3.05) is 27.6 Å². The Balaban J connectivity index is 2.54. The number of hydrogen-bond acceptors (Lipinski definition) is 3. The highest BCUT2D eigenvalue weighted by Crippen LogP contribution is 2.23. The summed E-state index contributed by atoms with van der Waals surface area (Å²) in [5, 5.41) is 0. The average molecular weight is 275 g/mol. The van der Waals surface area contributed by atoms with Crippen LogP contribution in [0.4, 0.5) is 0 Å². The Kier molecular flexibility index (Phi) is 5.68. The van der Waals surface area contributed by atoms with E-state index in [0.717, 1.165) is 22.2 Å². The molecule has 0 atom stereocenters. The highest BCUT2D eigenvalue weighted by atomic mass is 79.9. The minimum absolute atomic E-state index is 0.330. The van der Waals surface area contributed by atoms with E-state index in [2.05, 4.69) is 15.9 Å². The van der Waals surface area contributed by atoms with Crippen molar-refractivity contribution in [3.8, 4) is 5.75 Å². The summed E-state index contributed by atoms with van der Waals surface area (Å²) in [6.07, 6.45) is 0.811. The van der Waals surface area contributed by atoms with Crippen molar-refractivity contribution in [1.82, 2.24) is 0 Å². The van der Waals surface area contributed by atoms with Crippen molar-refractivity contribution in [2.24, 2.45) is 0 Å². The molecule has 1 aromatic carbocycles. The Morgan fingerprint density at radius 2 is 2.07 bits per heavy atom. The third kappa shape index (κ3) is 4.20. The zero-order valence-corrected chi connectivity index (χ0v) is 10.5. The van der Waals surface area contributed by atoms with Gasteiger partial charge in [-0.25, -0.2) is 0 Å². The minimum Gasteiger partial charge on any atom is -0.496 e. The van der Waals surface area contributed by atoms with Crippen LogP contribution in [0, 0.1) is 0 Å². The third-order valence-electron chi connectivity index (χ3n) is 1.96. The quantitative estimate of drug-likeness (QED) is 0.590. The minimum atomic E-state index is 0.330. The molecule has 0 unspecified atom stereocenters. The highest BCUT2D eigenvalue weighted by Gasteiger charge is 2.03. The van der Waals surface area contributed by atoms with Crippen LogP contribution in [0.5, 0.6) is 5.75 Å². The Morgan fingerprint density at radius 3 is 2.73 bits per heavy atom. The van der Waals surface area contributed by atoms with E-state index in [1.165, 1.54) is 0 Å². The van der Waals surface area contributed by atoms with Gasteiger partial charge in [0.1, 0.15) is 12.5 Å². The molecule has 0 fully saturated rings. The monoisotopic (exact) mass is 274 g/mol. The van der Waals surface area contributed by atoms with Crippen LogP contribution in [0.3, 0.4) is 0 Å². The Hall–Kier alpha value is -0.580. The first-order valence-corrected chi connectivity index (χ1v) is 5.46. The molecule has 0 spiro atoms. The molecule has 0 aliphatic heterocycles. The van der Waals surface area contributed by atoms with Gasteiger partial charge in [0.15, 0.2) is 0 Å². The lowest BCUT2D eigenvalue weighted by Crippen LogP contribution is -2.02. The van der Waals surface area contributed by atoms with E-state index >= 15 is 0 Å². The van der Waals surface area contributed by atoms with Gasteiger partial charge in [-0.1, -0.05) is 15.9 Å². The molecule has 0 amide bonds. The van der Waals surface area contributed by atoms with E-state index in [-0.39, 0.29) is 0 Å². The van der Waals surface area contributed by atoms with E-state index in [1.54, 1.807) is 14.2 Å². The molecule has 0 heterocycles. The van der Waals surface area contributed by atoms with Gasteiger partial charge in [-0.3, -0.25) is 0 Å². The molecular weight excluding hydrogens is 260 g/mol. The molecule has 0 bridgehead atoms. The lowest BCUT2D eigenvalue weighted by molar-refractivity contribution is -0.0292. The van der Waals surface area contributed by atoms with Gasteiger partial charge in [-0.05, 0) is 30.2 Å². The number of rotatable bonds is 6. The zero-order valence-electron chi connectivity index (χ0n) is 8.96. The van der Waals surface area contributed by atoms with Crippen LogP contribution in [-0.4, -0.2) is 27.6 Å². The topological polar surface area (TPSA) is 27.7 Å². The number of methoxy groups -OCH3 is 2. The molecule has 0 aromatic heterocycles. The van der Waals surface area contributed by atoms with Gasteiger partial charge < -0.3 is 14.2 Å². The van der Waals surface area contributed by atoms with Gasteiger partial charge in [0, 0.05) is 11.6 Å². The SMILES string of the molecule is COCOCCc1cc(Br)ccc1OC. The van der Waals surface area contributed by atoms with Crippen molar-refractivity contribution >= 4 is 15.9 Å². The summed E-state index contributed by atoms with van der Waals surface area (Å²) in [5.74, 6) is 0.888. The molecule has 84 valence electrons. The van der Waals surface area contributed by atoms with Gasteiger partial charge in [0.25, 0.3) is 0 Å². The van der Waals surface area contributed by atoms with Crippen molar-refractivity contribution in [3.63, 3.8) is 0 Å². The molecule has 0 aliphatic carbocycles. The smallest absolute Gasteiger partial charge is 0.146 e. The van der Waals surface area contributed by atoms with Gasteiger partial charge in [-0.15, -0.1) is 0 Å². The summed E-state index contributed by atoms with van der Waals surface area (Å²) < 4.78 is 16.3. The molecule has 0 aliphatic rings. The second-order valence-corrected chi connectivity index (χ2v) is 3.94. The van der Waals surface area contributed by atoms with E-state index < -0.39 is 0 Å². The Bertz CT molecular complexity index is 302. The Labute approximate surface area is 98.5 Å². The summed E-state index contributed by atoms with van der Waals surface area (Å²) in [7, 11) is 3.28. The van der Waals surface area contributed by atoms with Gasteiger partial charge >= 0.3 is 0 Å². The molecule has 0 radical (unpaired) electrons. The first kappa shape index (κ1) is 12.5. The van der Waals surface area contributed by atoms with Gasteiger partial charge in [0.05, 0.1) is 13.7 Å². The fourth-order valence-electron chi connectivity index (χ4n) is 1.27. The summed E-state index contributed by atoms with van der Waals surface area (Å²) >= 11 is 3.43. The number of hydrogen-bond donors (Lipinski definition) is 0. The number of halogens is 1. The normalized spacial score (nSPS) is 10.3. The molecule has 15 heavy (non-hydrogen) atoms. The summed E-state index contributed by atoms with van der Waals surface area (Å²) in [6, 6.07) is 5.93. The van der Waals surface area contributed by atoms with E-state index in [0.29, 0.717) is 13.4 Å². The highest BCUT2D eigenvalue weighted by molar-refractivity contribution is 9.10. The first-order valence-electron chi connectivity index (χ1n) is 4.67. The third-order valence-corrected chi connectivity index (χ3v) is 2.45. The largest absolute Gasteiger partial charge is 0.496 e. The van der Waals surface area contributed by atoms with Crippen molar-refractivity contribution in [2.45, 2.75) is 6.42 Å². The zero-order chi connectivity index (χ0) is 11.1. The first-order chi connectivity index (χ1) is 7.27. The molecule has 4 heteroatoms. The van der Waals surface area contributed by atoms with Gasteiger partial charge in [0.2, 0.25) is 0 Å². The molecule has 3 nitrogen and oxygen atoms in total. The van der Waals surface area contributed by atoms with Crippen LogP contribution in [-0.2, 0) is 15.9 Å². The summed E-state index contributed by atoms with van der Waals surface area (Å²) in [4.78, 5) is 0. The maximum absolute atomic E-state index is 5.25. The predicted molar refractivity (Wildman–Crippen MR) is 62.2 cm³/mol. The van der Waals surface area contributed by atoms with Crippen LogP contribution < -0.4 is 4.74 Å². The predicted octanol–water partition coefficient (Wildman–Crippen LogP) is 2.62. The fourth-order valence-corrected chi connectivity index (χ4v) is 1.68. The van der Waals surface area contributed by atoms with Crippen LogP contribution in [0.15, 0.2) is 22.7 Å². The van der Waals surface area contributed by atoms with Crippen molar-refractivity contribution < 1.29 is 14.2 Å². The summed E-state index contributed by atoms with van der Waals surface area (Å²) in [5.41, 5.74) is 1.13. The number of ether oxygens (including phenoxy) is 3. The Morgan fingerprint density at radius 1 is 1.27 bits per heavy atom. The maximum Gasteiger partial charge on any atom is 0.146 e. The van der Waals surface area contributed by atoms with Crippen LogP contribution in [0.25, 0.3) is 0 Å². The average Bonchev–Trinajstić information content (AvgIpc) is 2.25. The second kappa shape index (κ2) is 6.82. The van der Waals surface area contributed by atoms with Crippen molar-refractivity contribution in [3.05, 3.63) is 28.2 Å². The van der Waals surface area contributed by atoms with E-state index in [9.17, 15) is 0 Å². The summed E-state index contributed by atoms with van der Waals surface area (Å²) in [6.45, 7) is 0.955. The molecule has 0 saturated carbocycles. The van der Waals surface area contributed by atoms with Gasteiger partial charge in [-0.2, -0.15) is 0 Å². The van der Waals surface area contributed by atoms with Crippen LogP contribution in [0.1, 0.15) is 5.56 Å². The lowest BCUT2D eigenvalue weighted by Gasteiger charge is -2.09. The van der Waals surface area contributed by atoms with E-state index in [1.807, 2.05) is 18.2 Å². The van der Waals surface area contributed by atoms with Crippen LogP contribution in [0.2, 0.25) is 0 Å².